The first-order chi connectivity index (χ1) is 14.5. The zero-order chi connectivity index (χ0) is 21.1. The van der Waals surface area contributed by atoms with E-state index in [-0.39, 0.29) is 11.8 Å². The molecular formula is C24H28N4OS. The fourth-order valence-corrected chi connectivity index (χ4v) is 4.69. The Morgan fingerprint density at radius 2 is 1.73 bits per heavy atom. The van der Waals surface area contributed by atoms with Gasteiger partial charge in [-0.2, -0.15) is 0 Å². The van der Waals surface area contributed by atoms with E-state index in [0.29, 0.717) is 0 Å². The lowest BCUT2D eigenvalue weighted by Gasteiger charge is -2.15. The van der Waals surface area contributed by atoms with Crippen molar-refractivity contribution in [2.45, 2.75) is 50.4 Å². The Morgan fingerprint density at radius 1 is 1.03 bits per heavy atom. The maximum Gasteiger partial charge on any atom is 0.253 e. The predicted molar refractivity (Wildman–Crippen MR) is 121 cm³/mol. The Kier molecular flexibility index (Phi) is 6.23. The van der Waals surface area contributed by atoms with Crippen molar-refractivity contribution >= 4 is 17.7 Å². The number of nitrogens with zero attached hydrogens (tertiary/aromatic N) is 4. The molecule has 0 atom stereocenters. The molecule has 0 bridgehead atoms. The number of carbonyl (C=O) groups excluding carboxylic acids is 1. The van der Waals surface area contributed by atoms with Gasteiger partial charge in [-0.25, -0.2) is 0 Å². The average molecular weight is 421 g/mol. The van der Waals surface area contributed by atoms with Crippen LogP contribution in [0.25, 0.3) is 5.69 Å². The summed E-state index contributed by atoms with van der Waals surface area (Å²) in [5.41, 5.74) is 4.27. The van der Waals surface area contributed by atoms with Crippen LogP contribution in [0.2, 0.25) is 0 Å². The molecular weight excluding hydrogens is 392 g/mol. The van der Waals surface area contributed by atoms with Gasteiger partial charge in [-0.05, 0) is 49.1 Å². The molecule has 5 nitrogen and oxygen atoms in total. The molecule has 1 saturated heterocycles. The molecule has 0 saturated carbocycles. The summed E-state index contributed by atoms with van der Waals surface area (Å²) in [4.78, 5) is 14.5. The second kappa shape index (κ2) is 9.04. The number of thioether (sulfide) groups is 1. The van der Waals surface area contributed by atoms with Crippen molar-refractivity contribution in [3.05, 3.63) is 71.0 Å². The second-order valence-corrected chi connectivity index (χ2v) is 9.04. The number of rotatable bonds is 6. The lowest BCUT2D eigenvalue weighted by Crippen LogP contribution is -2.27. The number of para-hydroxylation sites is 1. The largest absolute Gasteiger partial charge is 0.339 e. The van der Waals surface area contributed by atoms with Crippen LogP contribution in [0.3, 0.4) is 0 Å². The minimum atomic E-state index is 0.146. The molecule has 4 rings (SSSR count). The fraction of sp³-hybridized carbons (Fsp3) is 0.375. The Bertz CT molecular complexity index is 1020. The summed E-state index contributed by atoms with van der Waals surface area (Å²) in [6.45, 7) is 8.16. The van der Waals surface area contributed by atoms with Gasteiger partial charge in [0.15, 0.2) is 5.16 Å². The molecule has 30 heavy (non-hydrogen) atoms. The van der Waals surface area contributed by atoms with Gasteiger partial charge in [-0.1, -0.05) is 55.9 Å². The summed E-state index contributed by atoms with van der Waals surface area (Å²) in [5, 5.41) is 9.85. The molecule has 0 unspecified atom stereocenters. The lowest BCUT2D eigenvalue weighted by molar-refractivity contribution is 0.0793. The maximum absolute atomic E-state index is 12.5. The minimum Gasteiger partial charge on any atom is -0.339 e. The molecule has 1 amide bonds. The van der Waals surface area contributed by atoms with Crippen molar-refractivity contribution in [1.82, 2.24) is 19.7 Å². The van der Waals surface area contributed by atoms with E-state index in [1.54, 1.807) is 11.8 Å². The van der Waals surface area contributed by atoms with E-state index in [9.17, 15) is 4.79 Å². The van der Waals surface area contributed by atoms with E-state index in [1.165, 1.54) is 11.1 Å². The first-order valence-corrected chi connectivity index (χ1v) is 11.6. The third-order valence-electron chi connectivity index (χ3n) is 5.49. The van der Waals surface area contributed by atoms with Crippen LogP contribution in [0.1, 0.15) is 59.9 Å². The van der Waals surface area contributed by atoms with Gasteiger partial charge < -0.3 is 4.90 Å². The van der Waals surface area contributed by atoms with Gasteiger partial charge in [0.05, 0.1) is 5.69 Å². The van der Waals surface area contributed by atoms with E-state index in [2.05, 4.69) is 59.8 Å². The second-order valence-electron chi connectivity index (χ2n) is 8.10. The molecule has 2 heterocycles. The van der Waals surface area contributed by atoms with Gasteiger partial charge >= 0.3 is 0 Å². The maximum atomic E-state index is 12.5. The van der Waals surface area contributed by atoms with Gasteiger partial charge in [0.2, 0.25) is 0 Å². The Balaban J connectivity index is 1.51. The standard InChI is InChI=1S/C24H28N4OS/c1-17(2)22-25-26-24(28(22)21-9-5-4-8-18(21)3)30-16-19-10-12-20(13-11-19)23(29)27-14-6-7-15-27/h4-5,8-13,17H,6-7,14-16H2,1-3H3. The van der Waals surface area contributed by atoms with E-state index >= 15 is 0 Å². The Labute approximate surface area is 182 Å². The van der Waals surface area contributed by atoms with Crippen LogP contribution in [-0.4, -0.2) is 38.7 Å². The minimum absolute atomic E-state index is 0.146. The van der Waals surface area contributed by atoms with Crippen molar-refractivity contribution in [2.24, 2.45) is 0 Å². The summed E-state index contributed by atoms with van der Waals surface area (Å²) >= 11 is 1.68. The highest BCUT2D eigenvalue weighted by atomic mass is 32.2. The number of aromatic nitrogens is 3. The summed E-state index contributed by atoms with van der Waals surface area (Å²) in [5.74, 6) is 2.17. The summed E-state index contributed by atoms with van der Waals surface area (Å²) in [6, 6.07) is 16.3. The van der Waals surface area contributed by atoms with Crippen molar-refractivity contribution in [1.29, 1.82) is 0 Å². The number of amides is 1. The highest BCUT2D eigenvalue weighted by Crippen LogP contribution is 2.29. The molecule has 3 aromatic rings. The van der Waals surface area contributed by atoms with E-state index < -0.39 is 0 Å². The highest BCUT2D eigenvalue weighted by Gasteiger charge is 2.20. The Morgan fingerprint density at radius 3 is 2.40 bits per heavy atom. The van der Waals surface area contributed by atoms with Crippen LogP contribution in [0.4, 0.5) is 0 Å². The predicted octanol–water partition coefficient (Wildman–Crippen LogP) is 5.23. The third-order valence-corrected chi connectivity index (χ3v) is 6.49. The number of aryl methyl sites for hydroxylation is 1. The molecule has 0 aliphatic carbocycles. The van der Waals surface area contributed by atoms with Crippen LogP contribution in [0, 0.1) is 6.92 Å². The number of benzene rings is 2. The van der Waals surface area contributed by atoms with Crippen molar-refractivity contribution in [2.75, 3.05) is 13.1 Å². The molecule has 6 heteroatoms. The third kappa shape index (κ3) is 4.29. The first kappa shape index (κ1) is 20.7. The molecule has 1 fully saturated rings. The molecule has 1 aliphatic heterocycles. The van der Waals surface area contributed by atoms with Crippen LogP contribution in [0.5, 0.6) is 0 Å². The first-order valence-electron chi connectivity index (χ1n) is 10.6. The topological polar surface area (TPSA) is 51.0 Å². The van der Waals surface area contributed by atoms with Gasteiger partial charge in [0.25, 0.3) is 5.91 Å². The number of hydrogen-bond acceptors (Lipinski definition) is 4. The van der Waals surface area contributed by atoms with Gasteiger partial charge in [-0.15, -0.1) is 10.2 Å². The monoisotopic (exact) mass is 420 g/mol. The van der Waals surface area contributed by atoms with E-state index in [1.807, 2.05) is 29.2 Å². The smallest absolute Gasteiger partial charge is 0.253 e. The SMILES string of the molecule is Cc1ccccc1-n1c(SCc2ccc(C(=O)N3CCCC3)cc2)nnc1C(C)C. The molecule has 0 N–H and O–H groups in total. The normalized spacial score (nSPS) is 13.9. The van der Waals surface area contributed by atoms with Crippen LogP contribution in [-0.2, 0) is 5.75 Å². The lowest BCUT2D eigenvalue weighted by atomic mass is 10.1. The van der Waals surface area contributed by atoms with Crippen molar-refractivity contribution in [3.63, 3.8) is 0 Å². The highest BCUT2D eigenvalue weighted by molar-refractivity contribution is 7.98. The van der Waals surface area contributed by atoms with Crippen LogP contribution in [0.15, 0.2) is 53.7 Å². The molecule has 1 aliphatic rings. The molecule has 156 valence electrons. The number of likely N-dealkylation sites (tertiary alicyclic amines) is 1. The van der Waals surface area contributed by atoms with Crippen LogP contribution < -0.4 is 0 Å². The molecule has 0 spiro atoms. The zero-order valence-electron chi connectivity index (χ0n) is 17.8. The molecule has 0 radical (unpaired) electrons. The average Bonchev–Trinajstić information content (AvgIpc) is 3.43. The summed E-state index contributed by atoms with van der Waals surface area (Å²) in [6.07, 6.45) is 2.22. The zero-order valence-corrected chi connectivity index (χ0v) is 18.7. The van der Waals surface area contributed by atoms with E-state index in [0.717, 1.165) is 53.9 Å². The quantitative estimate of drug-likeness (QED) is 0.513. The van der Waals surface area contributed by atoms with Gasteiger partial charge in [0.1, 0.15) is 5.82 Å². The van der Waals surface area contributed by atoms with Crippen molar-refractivity contribution < 1.29 is 4.79 Å². The van der Waals surface area contributed by atoms with E-state index in [4.69, 9.17) is 0 Å². The molecule has 2 aromatic carbocycles. The van der Waals surface area contributed by atoms with Crippen molar-refractivity contribution in [3.8, 4) is 5.69 Å². The Hall–Kier alpha value is -2.60. The summed E-state index contributed by atoms with van der Waals surface area (Å²) in [7, 11) is 0. The summed E-state index contributed by atoms with van der Waals surface area (Å²) < 4.78 is 2.18. The molecule has 1 aromatic heterocycles. The van der Waals surface area contributed by atoms with Crippen LogP contribution >= 0.6 is 11.8 Å². The number of hydrogen-bond donors (Lipinski definition) is 0. The fourth-order valence-electron chi connectivity index (χ4n) is 3.78. The van der Waals surface area contributed by atoms with Gasteiger partial charge in [-0.3, -0.25) is 9.36 Å². The number of carbonyl (C=O) groups is 1. The van der Waals surface area contributed by atoms with Gasteiger partial charge in [0, 0.05) is 30.3 Å².